The van der Waals surface area contributed by atoms with Crippen molar-refractivity contribution in [2.75, 3.05) is 0 Å². The quantitative estimate of drug-likeness (QED) is 0.233. The minimum atomic E-state index is -0.533. The number of aromatic amines is 1. The van der Waals surface area contributed by atoms with Crippen LogP contribution < -0.4 is 0 Å². The molecule has 0 bridgehead atoms. The summed E-state index contributed by atoms with van der Waals surface area (Å²) in [7, 11) is 0. The summed E-state index contributed by atoms with van der Waals surface area (Å²) in [6.45, 7) is 11.5. The largest absolute Gasteiger partial charge is 0.444 e. The summed E-state index contributed by atoms with van der Waals surface area (Å²) >= 11 is 0. The second kappa shape index (κ2) is 10.9. The van der Waals surface area contributed by atoms with Crippen LogP contribution in [-0.4, -0.2) is 67.0 Å². The maximum Gasteiger partial charge on any atom is 0.411 e. The molecule has 9 nitrogen and oxygen atoms in total. The maximum atomic E-state index is 13.2. The third-order valence-corrected chi connectivity index (χ3v) is 10.9. The van der Waals surface area contributed by atoms with Crippen LogP contribution in [0.3, 0.4) is 0 Å². The third kappa shape index (κ3) is 5.64. The van der Waals surface area contributed by atoms with E-state index in [4.69, 9.17) is 19.5 Å². The molecule has 2 saturated heterocycles. The van der Waals surface area contributed by atoms with Gasteiger partial charge in [0.2, 0.25) is 0 Å². The summed E-state index contributed by atoms with van der Waals surface area (Å²) in [5.74, 6) is 1.92. The molecule has 0 spiro atoms. The number of nitrogens with zero attached hydrogens (tertiary/aromatic N) is 4. The van der Waals surface area contributed by atoms with Crippen LogP contribution >= 0.6 is 0 Å². The van der Waals surface area contributed by atoms with E-state index in [1.807, 2.05) is 57.5 Å². The van der Waals surface area contributed by atoms with E-state index in [0.717, 1.165) is 82.5 Å². The van der Waals surface area contributed by atoms with Crippen LogP contribution in [0.15, 0.2) is 65.8 Å². The number of amides is 2. The van der Waals surface area contributed by atoms with Crippen LogP contribution in [0.2, 0.25) is 0 Å². The highest BCUT2D eigenvalue weighted by Gasteiger charge is 2.57. The summed E-state index contributed by atoms with van der Waals surface area (Å²) in [6, 6.07) is 20.1. The van der Waals surface area contributed by atoms with E-state index in [1.165, 1.54) is 5.56 Å². The normalized spacial score (nSPS) is 26.4. The summed E-state index contributed by atoms with van der Waals surface area (Å²) in [5, 5.41) is 2.31. The van der Waals surface area contributed by atoms with E-state index in [-0.39, 0.29) is 36.4 Å². The van der Waals surface area contributed by atoms with Crippen LogP contribution in [0.5, 0.6) is 0 Å². The molecule has 4 fully saturated rings. The van der Waals surface area contributed by atoms with E-state index >= 15 is 0 Å². The lowest BCUT2D eigenvalue weighted by molar-refractivity contribution is 0.0173. The van der Waals surface area contributed by atoms with E-state index in [2.05, 4.69) is 59.6 Å². The fourth-order valence-corrected chi connectivity index (χ4v) is 8.45. The SMILES string of the molecule is CC(C)(C)OC(=O)N1[C@@H]2C[C@@H]2C[C@H]1C1=Nc2ccc(-c3ccc4cc(-c5cnc([C@@H]6C[C@H]7C[C@H]7N6C(=O)OC(C)(C)C)[nH]5)ccc4c3)cc2C1. The van der Waals surface area contributed by atoms with E-state index in [0.29, 0.717) is 11.8 Å². The first-order valence-electron chi connectivity index (χ1n) is 18.1. The van der Waals surface area contributed by atoms with Crippen molar-refractivity contribution >= 4 is 34.4 Å². The molecule has 4 aromatic rings. The van der Waals surface area contributed by atoms with Crippen LogP contribution in [0.1, 0.15) is 84.7 Å². The van der Waals surface area contributed by atoms with Gasteiger partial charge in [0, 0.05) is 29.8 Å². The van der Waals surface area contributed by atoms with Crippen molar-refractivity contribution in [1.29, 1.82) is 0 Å². The number of benzene rings is 3. The standard InChI is InChI=1S/C41H45N5O4/c1-40(2,3)49-38(47)45-33-17-28(33)19-35(45)31-16-27-15-25(11-12-30(27)43-31)22-7-8-24-14-26(10-9-23(24)13-22)32-21-42-37(44-32)36-20-29-18-34(29)46(36)39(48)50-41(4,5)6/h7-15,21,28-29,33-36H,16-20H2,1-6H3,(H,42,44)/t28-,29-,33-,34-,35+,36+/m1/s1. The van der Waals surface area contributed by atoms with Gasteiger partial charge in [-0.3, -0.25) is 14.8 Å². The smallest absolute Gasteiger partial charge is 0.411 e. The monoisotopic (exact) mass is 671 g/mol. The Kier molecular flexibility index (Phi) is 6.84. The van der Waals surface area contributed by atoms with Gasteiger partial charge in [-0.2, -0.15) is 0 Å². The Balaban J connectivity index is 0.907. The molecule has 1 aromatic heterocycles. The number of imidazole rings is 1. The Hall–Kier alpha value is -4.66. The highest BCUT2D eigenvalue weighted by molar-refractivity contribution is 6.00. The van der Waals surface area contributed by atoms with Crippen molar-refractivity contribution < 1.29 is 19.1 Å². The van der Waals surface area contributed by atoms with Crippen molar-refractivity contribution in [3.63, 3.8) is 0 Å². The molecule has 50 heavy (non-hydrogen) atoms. The van der Waals surface area contributed by atoms with E-state index in [1.54, 1.807) is 0 Å². The molecule has 2 amide bonds. The van der Waals surface area contributed by atoms with Crippen molar-refractivity contribution in [1.82, 2.24) is 19.8 Å². The number of rotatable bonds is 4. The Morgan fingerprint density at radius 2 is 1.28 bits per heavy atom. The number of hydrogen-bond acceptors (Lipinski definition) is 6. The molecule has 5 aliphatic rings. The Labute approximate surface area is 293 Å². The van der Waals surface area contributed by atoms with Crippen molar-refractivity contribution in [3.8, 4) is 22.4 Å². The van der Waals surface area contributed by atoms with Crippen molar-refractivity contribution in [2.24, 2.45) is 16.8 Å². The van der Waals surface area contributed by atoms with Gasteiger partial charge in [-0.05, 0) is 131 Å². The van der Waals surface area contributed by atoms with Gasteiger partial charge >= 0.3 is 12.2 Å². The van der Waals surface area contributed by atoms with Crippen LogP contribution in [0.25, 0.3) is 33.2 Å². The average molecular weight is 672 g/mol. The van der Waals surface area contributed by atoms with Gasteiger partial charge in [-0.15, -0.1) is 0 Å². The van der Waals surface area contributed by atoms with Gasteiger partial charge in [-0.1, -0.05) is 30.3 Å². The highest BCUT2D eigenvalue weighted by atomic mass is 16.6. The Morgan fingerprint density at radius 1 is 0.720 bits per heavy atom. The van der Waals surface area contributed by atoms with Gasteiger partial charge < -0.3 is 14.5 Å². The fraction of sp³-hybridized carbons (Fsp3) is 0.463. The van der Waals surface area contributed by atoms with E-state index in [9.17, 15) is 9.59 Å². The molecule has 4 heterocycles. The fourth-order valence-electron chi connectivity index (χ4n) is 8.45. The van der Waals surface area contributed by atoms with Crippen LogP contribution in [0.4, 0.5) is 15.3 Å². The highest BCUT2D eigenvalue weighted by Crippen LogP contribution is 2.54. The topological polar surface area (TPSA) is 100 Å². The first-order chi connectivity index (χ1) is 23.8. The molecule has 3 aliphatic heterocycles. The number of aliphatic imine (C=N–C) groups is 1. The Morgan fingerprint density at radius 3 is 1.94 bits per heavy atom. The molecule has 0 unspecified atom stereocenters. The second-order valence-corrected chi connectivity index (χ2v) is 17.0. The number of likely N-dealkylation sites (tertiary alicyclic amines) is 2. The van der Waals surface area contributed by atoms with Crippen LogP contribution in [-0.2, 0) is 15.9 Å². The van der Waals surface area contributed by atoms with Gasteiger partial charge in [0.05, 0.1) is 29.7 Å². The minimum Gasteiger partial charge on any atom is -0.444 e. The zero-order chi connectivity index (χ0) is 34.7. The zero-order valence-corrected chi connectivity index (χ0v) is 29.7. The number of aromatic nitrogens is 2. The van der Waals surface area contributed by atoms with E-state index < -0.39 is 11.2 Å². The molecule has 6 atom stereocenters. The molecule has 2 aliphatic carbocycles. The number of piperidine rings is 2. The molecular weight excluding hydrogens is 626 g/mol. The first kappa shape index (κ1) is 31.3. The molecule has 1 N–H and O–H groups in total. The lowest BCUT2D eigenvalue weighted by Gasteiger charge is -2.30. The molecule has 9 heteroatoms. The predicted octanol–water partition coefficient (Wildman–Crippen LogP) is 8.99. The maximum absolute atomic E-state index is 13.2. The molecule has 0 radical (unpaired) electrons. The zero-order valence-electron chi connectivity index (χ0n) is 29.7. The second-order valence-electron chi connectivity index (χ2n) is 17.0. The lowest BCUT2D eigenvalue weighted by atomic mass is 9.96. The van der Waals surface area contributed by atoms with Gasteiger partial charge in [0.1, 0.15) is 17.0 Å². The molecule has 2 saturated carbocycles. The third-order valence-electron chi connectivity index (χ3n) is 10.9. The number of H-pyrrole nitrogens is 1. The van der Waals surface area contributed by atoms with Crippen molar-refractivity contribution in [2.45, 2.75) is 109 Å². The number of carbonyl (C=O) groups is 2. The molecule has 3 aromatic carbocycles. The molecular formula is C41H45N5O4. The number of nitrogens with one attached hydrogen (secondary N) is 1. The number of ether oxygens (including phenoxy) is 2. The minimum absolute atomic E-state index is 0.0120. The summed E-state index contributed by atoms with van der Waals surface area (Å²) in [4.78, 5) is 43.4. The Bertz CT molecular complexity index is 2090. The predicted molar refractivity (Wildman–Crippen MR) is 193 cm³/mol. The van der Waals surface area contributed by atoms with Gasteiger partial charge in [0.25, 0.3) is 0 Å². The summed E-state index contributed by atoms with van der Waals surface area (Å²) in [6.07, 6.45) is 6.18. The number of hydrogen-bond donors (Lipinski definition) is 1. The molecule has 9 rings (SSSR count). The van der Waals surface area contributed by atoms with Gasteiger partial charge in [0.15, 0.2) is 0 Å². The first-order valence-corrected chi connectivity index (χ1v) is 18.1. The average Bonchev–Trinajstić information content (AvgIpc) is 3.67. The van der Waals surface area contributed by atoms with Crippen molar-refractivity contribution in [3.05, 3.63) is 72.2 Å². The number of fused-ring (bicyclic) bond motifs is 4. The summed E-state index contributed by atoms with van der Waals surface area (Å²) in [5.41, 5.74) is 6.55. The molecule has 258 valence electrons. The summed E-state index contributed by atoms with van der Waals surface area (Å²) < 4.78 is 11.5. The van der Waals surface area contributed by atoms with Crippen LogP contribution in [0, 0.1) is 11.8 Å². The van der Waals surface area contributed by atoms with Gasteiger partial charge in [-0.25, -0.2) is 14.6 Å². The lowest BCUT2D eigenvalue weighted by Crippen LogP contribution is -2.45. The number of carbonyl (C=O) groups excluding carboxylic acids is 2.